The first-order chi connectivity index (χ1) is 15.3. The van der Waals surface area contributed by atoms with Crippen molar-refractivity contribution < 1.29 is 24.5 Å². The van der Waals surface area contributed by atoms with Crippen molar-refractivity contribution in [1.29, 1.82) is 0 Å². The van der Waals surface area contributed by atoms with Crippen molar-refractivity contribution in [1.82, 2.24) is 4.98 Å². The highest BCUT2D eigenvalue weighted by Crippen LogP contribution is 2.46. The minimum atomic E-state index is -1.00. The third-order valence-electron chi connectivity index (χ3n) is 5.25. The van der Waals surface area contributed by atoms with E-state index in [0.717, 1.165) is 5.56 Å². The van der Waals surface area contributed by atoms with Gasteiger partial charge in [-0.3, -0.25) is 19.5 Å². The molecule has 1 amide bonds. The highest BCUT2D eigenvalue weighted by Gasteiger charge is 2.48. The molecule has 1 saturated heterocycles. The Hall–Kier alpha value is -3.84. The Morgan fingerprint density at radius 2 is 1.81 bits per heavy atom. The number of Topliss-reactive ketones (excluding diaryl/α,β-unsaturated/α-hetero) is 1. The van der Waals surface area contributed by atoms with Gasteiger partial charge in [0.15, 0.2) is 0 Å². The zero-order valence-electron chi connectivity index (χ0n) is 17.2. The van der Waals surface area contributed by atoms with Crippen molar-refractivity contribution in [2.45, 2.75) is 13.0 Å². The molecule has 1 aliphatic heterocycles. The number of benzene rings is 2. The van der Waals surface area contributed by atoms with Crippen LogP contribution in [-0.2, 0) is 9.59 Å². The van der Waals surface area contributed by atoms with Crippen molar-refractivity contribution in [3.05, 3.63) is 88.2 Å². The summed E-state index contributed by atoms with van der Waals surface area (Å²) in [7, 11) is 1.40. The van der Waals surface area contributed by atoms with Gasteiger partial charge in [-0.05, 0) is 54.4 Å². The first-order valence-corrected chi connectivity index (χ1v) is 10.1. The molecule has 7 nitrogen and oxygen atoms in total. The summed E-state index contributed by atoms with van der Waals surface area (Å²) in [6, 6.07) is 11.7. The fraction of sp³-hybridized carbons (Fsp3) is 0.125. The molecular formula is C24H19ClN2O5. The van der Waals surface area contributed by atoms with Gasteiger partial charge in [-0.2, -0.15) is 0 Å². The Labute approximate surface area is 189 Å². The van der Waals surface area contributed by atoms with E-state index >= 15 is 0 Å². The number of para-hydroxylation sites is 2. The van der Waals surface area contributed by atoms with Crippen LogP contribution >= 0.6 is 11.6 Å². The number of ether oxygens (including phenoxy) is 1. The number of rotatable bonds is 4. The fourth-order valence-corrected chi connectivity index (χ4v) is 4.22. The van der Waals surface area contributed by atoms with Gasteiger partial charge >= 0.3 is 0 Å². The minimum Gasteiger partial charge on any atom is -0.507 e. The molecule has 32 heavy (non-hydrogen) atoms. The summed E-state index contributed by atoms with van der Waals surface area (Å²) in [5, 5.41) is 22.0. The molecule has 1 atom stereocenters. The number of ketones is 1. The third-order valence-corrected chi connectivity index (χ3v) is 5.54. The minimum absolute atomic E-state index is 0.143. The Morgan fingerprint density at radius 1 is 1.12 bits per heavy atom. The van der Waals surface area contributed by atoms with E-state index in [9.17, 15) is 19.8 Å². The predicted octanol–water partition coefficient (Wildman–Crippen LogP) is 4.38. The number of aromatic nitrogens is 1. The Balaban J connectivity index is 2.02. The number of aliphatic hydroxyl groups excluding tert-OH is 1. The molecule has 0 spiro atoms. The van der Waals surface area contributed by atoms with Crippen molar-refractivity contribution in [2.24, 2.45) is 0 Å². The molecule has 2 aromatic carbocycles. The number of carbonyl (C=O) groups excluding carboxylic acids is 2. The van der Waals surface area contributed by atoms with Crippen LogP contribution in [0.15, 0.2) is 66.5 Å². The summed E-state index contributed by atoms with van der Waals surface area (Å²) in [5.41, 5.74) is 1.44. The highest BCUT2D eigenvalue weighted by molar-refractivity contribution is 6.52. The van der Waals surface area contributed by atoms with Crippen molar-refractivity contribution in [3.63, 3.8) is 0 Å². The SMILES string of the molecule is COc1c(Cl)cc(C)cc1/C(O)=C1\C(=O)C(=O)N(c2ccccc2O)C1c1ccncc1. The first kappa shape index (κ1) is 21.4. The number of amides is 1. The summed E-state index contributed by atoms with van der Waals surface area (Å²) in [5.74, 6) is -2.20. The van der Waals surface area contributed by atoms with E-state index in [4.69, 9.17) is 16.3 Å². The molecule has 1 aromatic heterocycles. The van der Waals surface area contributed by atoms with E-state index in [2.05, 4.69) is 4.98 Å². The number of halogens is 1. The number of aromatic hydroxyl groups is 1. The molecule has 0 radical (unpaired) electrons. The number of nitrogens with zero attached hydrogens (tertiary/aromatic N) is 2. The van der Waals surface area contributed by atoms with Gasteiger partial charge in [0, 0.05) is 12.4 Å². The van der Waals surface area contributed by atoms with Crippen molar-refractivity contribution in [3.8, 4) is 11.5 Å². The number of methoxy groups -OCH3 is 1. The van der Waals surface area contributed by atoms with Gasteiger partial charge in [-0.1, -0.05) is 23.7 Å². The molecule has 1 unspecified atom stereocenters. The van der Waals surface area contributed by atoms with E-state index in [1.165, 1.54) is 36.5 Å². The van der Waals surface area contributed by atoms with Gasteiger partial charge in [-0.15, -0.1) is 0 Å². The third kappa shape index (κ3) is 3.46. The molecule has 2 N–H and O–H groups in total. The summed E-state index contributed by atoms with van der Waals surface area (Å²) < 4.78 is 5.36. The van der Waals surface area contributed by atoms with E-state index in [1.807, 2.05) is 0 Å². The average molecular weight is 451 g/mol. The maximum absolute atomic E-state index is 13.2. The lowest BCUT2D eigenvalue weighted by Gasteiger charge is -2.26. The lowest BCUT2D eigenvalue weighted by molar-refractivity contribution is -0.132. The quantitative estimate of drug-likeness (QED) is 0.347. The lowest BCUT2D eigenvalue weighted by atomic mass is 9.95. The molecule has 3 aromatic rings. The van der Waals surface area contributed by atoms with Gasteiger partial charge in [-0.25, -0.2) is 0 Å². The van der Waals surface area contributed by atoms with Crippen molar-refractivity contribution in [2.75, 3.05) is 12.0 Å². The molecule has 0 saturated carbocycles. The smallest absolute Gasteiger partial charge is 0.300 e. The number of phenolic OH excluding ortho intramolecular Hbond substituents is 1. The van der Waals surface area contributed by atoms with Gasteiger partial charge in [0.05, 0.1) is 35.0 Å². The second kappa shape index (κ2) is 8.36. The van der Waals surface area contributed by atoms with Crippen LogP contribution in [0, 0.1) is 6.92 Å². The monoisotopic (exact) mass is 450 g/mol. The van der Waals surface area contributed by atoms with E-state index < -0.39 is 23.5 Å². The predicted molar refractivity (Wildman–Crippen MR) is 120 cm³/mol. The average Bonchev–Trinajstić information content (AvgIpc) is 3.04. The van der Waals surface area contributed by atoms with E-state index in [-0.39, 0.29) is 33.3 Å². The van der Waals surface area contributed by atoms with Gasteiger partial charge in [0.1, 0.15) is 17.3 Å². The number of aryl methyl sites for hydroxylation is 1. The number of phenols is 1. The maximum Gasteiger partial charge on any atom is 0.300 e. The number of hydrogen-bond acceptors (Lipinski definition) is 6. The molecule has 4 rings (SSSR count). The lowest BCUT2D eigenvalue weighted by Crippen LogP contribution is -2.29. The van der Waals surface area contributed by atoms with Gasteiger partial charge in [0.2, 0.25) is 0 Å². The van der Waals surface area contributed by atoms with E-state index in [1.54, 1.807) is 43.3 Å². The molecule has 0 bridgehead atoms. The van der Waals surface area contributed by atoms with Gasteiger partial charge < -0.3 is 14.9 Å². The van der Waals surface area contributed by atoms with Crippen LogP contribution in [0.5, 0.6) is 11.5 Å². The number of anilines is 1. The molecule has 8 heteroatoms. The van der Waals surface area contributed by atoms with Crippen LogP contribution in [0.25, 0.3) is 5.76 Å². The van der Waals surface area contributed by atoms with Crippen LogP contribution in [0.2, 0.25) is 5.02 Å². The molecular weight excluding hydrogens is 432 g/mol. The molecule has 0 aliphatic carbocycles. The zero-order valence-corrected chi connectivity index (χ0v) is 18.0. The Morgan fingerprint density at radius 3 is 2.47 bits per heavy atom. The number of aliphatic hydroxyl groups is 1. The summed E-state index contributed by atoms with van der Waals surface area (Å²) in [6.45, 7) is 1.78. The first-order valence-electron chi connectivity index (χ1n) is 9.68. The van der Waals surface area contributed by atoms with Crippen LogP contribution < -0.4 is 9.64 Å². The van der Waals surface area contributed by atoms with Crippen molar-refractivity contribution >= 4 is 34.7 Å². The second-order valence-corrected chi connectivity index (χ2v) is 7.67. The standard InChI is InChI=1S/C24H19ClN2O5/c1-13-11-15(23(32-2)16(25)12-13)21(29)19-20(14-7-9-26-10-8-14)27(24(31)22(19)30)17-5-3-4-6-18(17)28/h3-12,20,28-29H,1-2H3/b21-19+. The number of pyridine rings is 1. The van der Waals surface area contributed by atoms with Crippen LogP contribution in [0.4, 0.5) is 5.69 Å². The van der Waals surface area contributed by atoms with Gasteiger partial charge in [0.25, 0.3) is 11.7 Å². The summed E-state index contributed by atoms with van der Waals surface area (Å²) in [6.07, 6.45) is 3.04. The normalized spacial score (nSPS) is 17.6. The Bertz CT molecular complexity index is 1260. The fourth-order valence-electron chi connectivity index (χ4n) is 3.87. The van der Waals surface area contributed by atoms with E-state index in [0.29, 0.717) is 5.56 Å². The topological polar surface area (TPSA) is 100.0 Å². The van der Waals surface area contributed by atoms with Crippen LogP contribution in [0.3, 0.4) is 0 Å². The molecule has 162 valence electrons. The Kier molecular flexibility index (Phi) is 5.59. The number of hydrogen-bond donors (Lipinski definition) is 2. The molecule has 1 fully saturated rings. The molecule has 2 heterocycles. The number of carbonyl (C=O) groups is 2. The second-order valence-electron chi connectivity index (χ2n) is 7.27. The zero-order chi connectivity index (χ0) is 23.0. The maximum atomic E-state index is 13.2. The summed E-state index contributed by atoms with van der Waals surface area (Å²) in [4.78, 5) is 31.5. The largest absolute Gasteiger partial charge is 0.507 e. The molecule has 1 aliphatic rings. The highest BCUT2D eigenvalue weighted by atomic mass is 35.5. The van der Waals surface area contributed by atoms with Crippen LogP contribution in [0.1, 0.15) is 22.7 Å². The summed E-state index contributed by atoms with van der Waals surface area (Å²) >= 11 is 6.29. The van der Waals surface area contributed by atoms with Crippen LogP contribution in [-0.4, -0.2) is 34.0 Å².